The van der Waals surface area contributed by atoms with Crippen molar-refractivity contribution in [2.24, 2.45) is 4.99 Å². The molecule has 0 bridgehead atoms. The SMILES string of the molecule is CN1CCN(CC(=O)N(C)c2ccc(N=C(c3ccccc3)c3c(O)[nH]c4cc(B(O)O)ccc34)cc2)CC1. The Kier molecular flexibility index (Phi) is 7.80. The number of fused-ring (bicyclic) bond motifs is 1. The van der Waals surface area contributed by atoms with Crippen LogP contribution in [-0.2, 0) is 4.79 Å². The van der Waals surface area contributed by atoms with E-state index in [1.807, 2.05) is 54.6 Å². The number of carbonyl (C=O) groups is 1. The van der Waals surface area contributed by atoms with Crippen LogP contribution in [0.15, 0.2) is 77.8 Å². The van der Waals surface area contributed by atoms with Gasteiger partial charge in [-0.1, -0.05) is 42.5 Å². The summed E-state index contributed by atoms with van der Waals surface area (Å²) in [4.78, 5) is 26.9. The maximum absolute atomic E-state index is 12.9. The van der Waals surface area contributed by atoms with Crippen LogP contribution >= 0.6 is 0 Å². The number of carbonyl (C=O) groups excluding carboxylic acids is 1. The molecule has 10 heteroatoms. The molecule has 0 aliphatic carbocycles. The van der Waals surface area contributed by atoms with Crippen LogP contribution in [0.1, 0.15) is 11.1 Å². The van der Waals surface area contributed by atoms with Crippen molar-refractivity contribution >= 4 is 46.5 Å². The molecule has 200 valence electrons. The number of aromatic hydroxyl groups is 1. The average Bonchev–Trinajstić information content (AvgIpc) is 3.28. The number of piperazine rings is 1. The van der Waals surface area contributed by atoms with Gasteiger partial charge in [0.2, 0.25) is 5.91 Å². The number of nitrogens with one attached hydrogen (secondary N) is 1. The first kappa shape index (κ1) is 26.6. The van der Waals surface area contributed by atoms with Gasteiger partial charge in [0, 0.05) is 55.4 Å². The van der Waals surface area contributed by atoms with E-state index in [1.54, 1.807) is 30.1 Å². The Morgan fingerprint density at radius 1 is 1.00 bits per heavy atom. The molecule has 1 aliphatic heterocycles. The highest BCUT2D eigenvalue weighted by molar-refractivity contribution is 6.59. The maximum Gasteiger partial charge on any atom is 0.488 e. The lowest BCUT2D eigenvalue weighted by molar-refractivity contribution is -0.119. The number of hydrogen-bond acceptors (Lipinski definition) is 7. The summed E-state index contributed by atoms with van der Waals surface area (Å²) in [5.41, 5.74) is 4.20. The van der Waals surface area contributed by atoms with Crippen LogP contribution in [-0.4, -0.2) is 95.5 Å². The Hall–Kier alpha value is -3.96. The standard InChI is InChI=1S/C29H32BN5O4/c1-33-14-16-35(17-15-33)19-26(36)34(2)23-11-9-22(10-12-23)31-28(20-6-4-3-5-7-20)27-24-13-8-21(30(38)39)18-25(24)32-29(27)37/h3-13,18,32,37-39H,14-17,19H2,1-2H3. The third-order valence-electron chi connectivity index (χ3n) is 7.19. The number of rotatable bonds is 7. The van der Waals surface area contributed by atoms with Gasteiger partial charge >= 0.3 is 7.12 Å². The zero-order valence-electron chi connectivity index (χ0n) is 22.1. The fourth-order valence-corrected chi connectivity index (χ4v) is 4.79. The van der Waals surface area contributed by atoms with Crippen molar-refractivity contribution in [1.29, 1.82) is 0 Å². The normalized spacial score (nSPS) is 15.0. The van der Waals surface area contributed by atoms with Gasteiger partial charge in [-0.15, -0.1) is 0 Å². The number of aromatic nitrogens is 1. The number of H-pyrrole nitrogens is 1. The molecule has 39 heavy (non-hydrogen) atoms. The Bertz CT molecular complexity index is 1480. The Morgan fingerprint density at radius 2 is 1.69 bits per heavy atom. The average molecular weight is 525 g/mol. The molecule has 0 saturated carbocycles. The summed E-state index contributed by atoms with van der Waals surface area (Å²) < 4.78 is 0. The highest BCUT2D eigenvalue weighted by Crippen LogP contribution is 2.31. The van der Waals surface area contributed by atoms with E-state index >= 15 is 0 Å². The van der Waals surface area contributed by atoms with Crippen molar-refractivity contribution < 1.29 is 19.9 Å². The van der Waals surface area contributed by atoms with Crippen molar-refractivity contribution in [1.82, 2.24) is 14.8 Å². The quantitative estimate of drug-likeness (QED) is 0.217. The van der Waals surface area contributed by atoms with E-state index in [9.17, 15) is 19.9 Å². The van der Waals surface area contributed by atoms with Crippen molar-refractivity contribution in [3.05, 3.63) is 83.9 Å². The summed E-state index contributed by atoms with van der Waals surface area (Å²) in [5, 5.41) is 30.7. The number of anilines is 1. The Labute approximate surface area is 227 Å². The molecule has 1 amide bonds. The molecule has 0 spiro atoms. The Balaban J connectivity index is 1.44. The minimum Gasteiger partial charge on any atom is -0.494 e. The molecule has 1 fully saturated rings. The number of benzene rings is 3. The van der Waals surface area contributed by atoms with Crippen molar-refractivity contribution in [2.75, 3.05) is 51.7 Å². The van der Waals surface area contributed by atoms with Crippen LogP contribution < -0.4 is 10.4 Å². The molecular weight excluding hydrogens is 493 g/mol. The second kappa shape index (κ2) is 11.4. The third-order valence-corrected chi connectivity index (χ3v) is 7.19. The van der Waals surface area contributed by atoms with Crippen LogP contribution in [0.2, 0.25) is 0 Å². The van der Waals surface area contributed by atoms with Gasteiger partial charge in [-0.05, 0) is 42.8 Å². The Morgan fingerprint density at radius 3 is 2.36 bits per heavy atom. The van der Waals surface area contributed by atoms with Gasteiger partial charge in [0.1, 0.15) is 0 Å². The zero-order chi connectivity index (χ0) is 27.5. The van der Waals surface area contributed by atoms with Gasteiger partial charge in [0.15, 0.2) is 5.88 Å². The zero-order valence-corrected chi connectivity index (χ0v) is 22.1. The number of aliphatic imine (C=N–C) groups is 1. The number of nitrogens with zero attached hydrogens (tertiary/aromatic N) is 4. The van der Waals surface area contributed by atoms with Crippen LogP contribution in [0, 0.1) is 0 Å². The molecule has 3 aromatic carbocycles. The summed E-state index contributed by atoms with van der Waals surface area (Å²) in [6.07, 6.45) is 0. The van der Waals surface area contributed by atoms with Gasteiger partial charge in [0.05, 0.1) is 23.5 Å². The number of hydrogen-bond donors (Lipinski definition) is 4. The summed E-state index contributed by atoms with van der Waals surface area (Å²) in [7, 11) is 2.26. The first-order valence-electron chi connectivity index (χ1n) is 12.9. The third kappa shape index (κ3) is 5.89. The summed E-state index contributed by atoms with van der Waals surface area (Å²) in [6.45, 7) is 4.08. The molecule has 1 aromatic heterocycles. The second-order valence-electron chi connectivity index (χ2n) is 9.90. The highest BCUT2D eigenvalue weighted by Gasteiger charge is 2.22. The predicted octanol–water partition coefficient (Wildman–Crippen LogP) is 1.93. The van der Waals surface area contributed by atoms with Crippen LogP contribution in [0.4, 0.5) is 11.4 Å². The topological polar surface area (TPSA) is 116 Å². The number of likely N-dealkylation sites (N-methyl/N-ethyl adjacent to an activating group) is 2. The van der Waals surface area contributed by atoms with Crippen molar-refractivity contribution in [2.45, 2.75) is 0 Å². The van der Waals surface area contributed by atoms with Gasteiger partial charge < -0.3 is 29.9 Å². The summed E-state index contributed by atoms with van der Waals surface area (Å²) in [6, 6.07) is 21.9. The summed E-state index contributed by atoms with van der Waals surface area (Å²) in [5.74, 6) is -0.0279. The smallest absolute Gasteiger partial charge is 0.488 e. The lowest BCUT2D eigenvalue weighted by atomic mass is 9.80. The molecule has 4 N–H and O–H groups in total. The first-order valence-corrected chi connectivity index (χ1v) is 12.9. The lowest BCUT2D eigenvalue weighted by Gasteiger charge is -2.32. The number of amides is 1. The summed E-state index contributed by atoms with van der Waals surface area (Å²) >= 11 is 0. The molecule has 5 rings (SSSR count). The minimum atomic E-state index is -1.62. The molecule has 0 unspecified atom stereocenters. The van der Waals surface area contributed by atoms with Crippen LogP contribution in [0.5, 0.6) is 5.88 Å². The van der Waals surface area contributed by atoms with E-state index in [0.29, 0.717) is 39.9 Å². The molecule has 0 atom stereocenters. The largest absolute Gasteiger partial charge is 0.494 e. The minimum absolute atomic E-state index is 0.0388. The molecule has 1 saturated heterocycles. The molecule has 0 radical (unpaired) electrons. The van der Waals surface area contributed by atoms with Gasteiger partial charge in [-0.3, -0.25) is 9.69 Å². The maximum atomic E-state index is 12.9. The highest BCUT2D eigenvalue weighted by atomic mass is 16.4. The van der Waals surface area contributed by atoms with E-state index in [4.69, 9.17) is 4.99 Å². The molecule has 1 aliphatic rings. The van der Waals surface area contributed by atoms with E-state index in [2.05, 4.69) is 21.8 Å². The van der Waals surface area contributed by atoms with Crippen molar-refractivity contribution in [3.63, 3.8) is 0 Å². The first-order chi connectivity index (χ1) is 18.8. The molecule has 4 aromatic rings. The lowest BCUT2D eigenvalue weighted by Crippen LogP contribution is -2.48. The van der Waals surface area contributed by atoms with Crippen molar-refractivity contribution in [3.8, 4) is 5.88 Å². The van der Waals surface area contributed by atoms with E-state index in [0.717, 1.165) is 37.4 Å². The number of aromatic amines is 1. The fraction of sp³-hybridized carbons (Fsp3) is 0.241. The van der Waals surface area contributed by atoms with E-state index < -0.39 is 7.12 Å². The molecular formula is C29H32BN5O4. The van der Waals surface area contributed by atoms with Gasteiger partial charge in [0.25, 0.3) is 0 Å². The predicted molar refractivity (Wildman–Crippen MR) is 155 cm³/mol. The fourth-order valence-electron chi connectivity index (χ4n) is 4.79. The molecule has 2 heterocycles. The molecule has 9 nitrogen and oxygen atoms in total. The van der Waals surface area contributed by atoms with E-state index in [1.165, 1.54) is 0 Å². The second-order valence-corrected chi connectivity index (χ2v) is 9.90. The van der Waals surface area contributed by atoms with Crippen LogP contribution in [0.25, 0.3) is 10.9 Å². The van der Waals surface area contributed by atoms with Crippen LogP contribution in [0.3, 0.4) is 0 Å². The monoisotopic (exact) mass is 525 g/mol. The van der Waals surface area contributed by atoms with Gasteiger partial charge in [-0.25, -0.2) is 4.99 Å². The van der Waals surface area contributed by atoms with E-state index in [-0.39, 0.29) is 11.8 Å². The van der Waals surface area contributed by atoms with Gasteiger partial charge in [-0.2, -0.15) is 0 Å².